The van der Waals surface area contributed by atoms with Gasteiger partial charge >= 0.3 is 0 Å². The Labute approximate surface area is 83.2 Å². The standard InChI is InChI=1S/C11H14N2O/c1-13-7-6-9-4-3-5-10(11(9)13)8-12-14-2/h3-7,12H,8H2,1-2H3. The molecule has 1 heterocycles. The van der Waals surface area contributed by atoms with Crippen LogP contribution in [0.15, 0.2) is 30.5 Å². The van der Waals surface area contributed by atoms with E-state index in [1.54, 1.807) is 7.11 Å². The lowest BCUT2D eigenvalue weighted by molar-refractivity contribution is 0.0869. The molecule has 0 amide bonds. The van der Waals surface area contributed by atoms with E-state index in [4.69, 9.17) is 4.84 Å². The van der Waals surface area contributed by atoms with Crippen LogP contribution in [0.25, 0.3) is 10.9 Å². The molecule has 74 valence electrons. The van der Waals surface area contributed by atoms with Crippen LogP contribution < -0.4 is 5.48 Å². The van der Waals surface area contributed by atoms with Crippen molar-refractivity contribution in [2.45, 2.75) is 6.54 Å². The van der Waals surface area contributed by atoms with Gasteiger partial charge in [-0.3, -0.25) is 0 Å². The molecule has 0 aliphatic rings. The van der Waals surface area contributed by atoms with E-state index in [1.807, 2.05) is 0 Å². The maximum atomic E-state index is 4.85. The fraction of sp³-hybridized carbons (Fsp3) is 0.273. The number of nitrogens with one attached hydrogen (secondary N) is 1. The van der Waals surface area contributed by atoms with Gasteiger partial charge < -0.3 is 9.40 Å². The second-order valence-corrected chi connectivity index (χ2v) is 3.31. The zero-order valence-corrected chi connectivity index (χ0v) is 8.45. The lowest BCUT2D eigenvalue weighted by atomic mass is 10.1. The number of aromatic nitrogens is 1. The first-order valence-electron chi connectivity index (χ1n) is 4.61. The Hall–Kier alpha value is -1.32. The number of aryl methyl sites for hydroxylation is 1. The van der Waals surface area contributed by atoms with Gasteiger partial charge in [-0.1, -0.05) is 18.2 Å². The fourth-order valence-electron chi connectivity index (χ4n) is 1.74. The first-order chi connectivity index (χ1) is 6.83. The molecule has 2 aromatic rings. The van der Waals surface area contributed by atoms with Crippen LogP contribution in [0.4, 0.5) is 0 Å². The predicted octanol–water partition coefficient (Wildman–Crippen LogP) is 1.83. The van der Waals surface area contributed by atoms with Crippen molar-refractivity contribution in [3.63, 3.8) is 0 Å². The largest absolute Gasteiger partial charge is 0.350 e. The van der Waals surface area contributed by atoms with E-state index < -0.39 is 0 Å². The zero-order chi connectivity index (χ0) is 9.97. The first kappa shape index (κ1) is 9.24. The second kappa shape index (κ2) is 3.82. The van der Waals surface area contributed by atoms with Gasteiger partial charge in [0.15, 0.2) is 0 Å². The monoisotopic (exact) mass is 190 g/mol. The third-order valence-electron chi connectivity index (χ3n) is 2.39. The molecule has 1 N–H and O–H groups in total. The Balaban J connectivity index is 2.46. The normalized spacial score (nSPS) is 11.0. The number of fused-ring (bicyclic) bond motifs is 1. The fourth-order valence-corrected chi connectivity index (χ4v) is 1.74. The highest BCUT2D eigenvalue weighted by molar-refractivity contribution is 5.83. The molecule has 0 radical (unpaired) electrons. The van der Waals surface area contributed by atoms with Crippen LogP contribution >= 0.6 is 0 Å². The van der Waals surface area contributed by atoms with Crippen LogP contribution in [0.5, 0.6) is 0 Å². The first-order valence-corrected chi connectivity index (χ1v) is 4.61. The number of hydrogen-bond acceptors (Lipinski definition) is 2. The molecule has 1 aromatic carbocycles. The summed E-state index contributed by atoms with van der Waals surface area (Å²) >= 11 is 0. The van der Waals surface area contributed by atoms with Gasteiger partial charge in [0.1, 0.15) is 0 Å². The SMILES string of the molecule is CONCc1cccc2ccn(C)c12. The quantitative estimate of drug-likeness (QED) is 0.747. The Bertz CT molecular complexity index is 434. The van der Waals surface area contributed by atoms with E-state index in [9.17, 15) is 0 Å². The molecule has 0 saturated carbocycles. The van der Waals surface area contributed by atoms with Crippen molar-refractivity contribution >= 4 is 10.9 Å². The minimum atomic E-state index is 0.728. The molecule has 0 aliphatic heterocycles. The van der Waals surface area contributed by atoms with Gasteiger partial charge in [0.25, 0.3) is 0 Å². The summed E-state index contributed by atoms with van der Waals surface area (Å²) < 4.78 is 2.13. The van der Waals surface area contributed by atoms with Gasteiger partial charge in [-0.25, -0.2) is 0 Å². The van der Waals surface area contributed by atoms with Crippen molar-refractivity contribution in [2.24, 2.45) is 7.05 Å². The summed E-state index contributed by atoms with van der Waals surface area (Å²) in [6.07, 6.45) is 2.07. The van der Waals surface area contributed by atoms with Crippen molar-refractivity contribution < 1.29 is 4.84 Å². The summed E-state index contributed by atoms with van der Waals surface area (Å²) in [6.45, 7) is 0.728. The van der Waals surface area contributed by atoms with Crippen molar-refractivity contribution in [1.29, 1.82) is 0 Å². The molecule has 0 spiro atoms. The number of hydrogen-bond donors (Lipinski definition) is 1. The summed E-state index contributed by atoms with van der Waals surface area (Å²) in [5.74, 6) is 0. The number of rotatable bonds is 3. The minimum absolute atomic E-state index is 0.728. The lowest BCUT2D eigenvalue weighted by Gasteiger charge is -2.06. The predicted molar refractivity (Wildman–Crippen MR) is 56.8 cm³/mol. The van der Waals surface area contributed by atoms with Crippen LogP contribution in [0, 0.1) is 0 Å². The van der Waals surface area contributed by atoms with E-state index in [0.29, 0.717) is 0 Å². The number of para-hydroxylation sites is 1. The summed E-state index contributed by atoms with van der Waals surface area (Å²) in [5.41, 5.74) is 5.37. The van der Waals surface area contributed by atoms with Gasteiger partial charge in [0.2, 0.25) is 0 Å². The molecule has 1 aromatic heterocycles. The molecule has 0 bridgehead atoms. The summed E-state index contributed by atoms with van der Waals surface area (Å²) in [6, 6.07) is 8.40. The van der Waals surface area contributed by atoms with E-state index in [2.05, 4.69) is 47.6 Å². The smallest absolute Gasteiger partial charge is 0.0572 e. The Morgan fingerprint density at radius 2 is 2.21 bits per heavy atom. The number of benzene rings is 1. The van der Waals surface area contributed by atoms with Crippen molar-refractivity contribution in [2.75, 3.05) is 7.11 Å². The Kier molecular flexibility index (Phi) is 2.52. The van der Waals surface area contributed by atoms with Crippen LogP contribution in [-0.4, -0.2) is 11.7 Å². The molecule has 0 atom stereocenters. The minimum Gasteiger partial charge on any atom is -0.350 e. The molecule has 14 heavy (non-hydrogen) atoms. The van der Waals surface area contributed by atoms with Gasteiger partial charge in [0.05, 0.1) is 12.6 Å². The average molecular weight is 190 g/mol. The van der Waals surface area contributed by atoms with E-state index in [1.165, 1.54) is 16.5 Å². The maximum Gasteiger partial charge on any atom is 0.0572 e. The summed E-state index contributed by atoms with van der Waals surface area (Å²) in [5, 5.41) is 1.27. The van der Waals surface area contributed by atoms with Crippen LogP contribution in [-0.2, 0) is 18.4 Å². The van der Waals surface area contributed by atoms with E-state index in [-0.39, 0.29) is 0 Å². The zero-order valence-electron chi connectivity index (χ0n) is 8.45. The van der Waals surface area contributed by atoms with Crippen molar-refractivity contribution in [3.05, 3.63) is 36.0 Å². The molecule has 3 heteroatoms. The van der Waals surface area contributed by atoms with E-state index in [0.717, 1.165) is 6.54 Å². The highest BCUT2D eigenvalue weighted by atomic mass is 16.6. The molecular formula is C11H14N2O. The Morgan fingerprint density at radius 1 is 1.36 bits per heavy atom. The third-order valence-corrected chi connectivity index (χ3v) is 2.39. The van der Waals surface area contributed by atoms with Crippen molar-refractivity contribution in [3.8, 4) is 0 Å². The van der Waals surface area contributed by atoms with Crippen LogP contribution in [0.3, 0.4) is 0 Å². The summed E-state index contributed by atoms with van der Waals surface area (Å²) in [4.78, 5) is 4.85. The highest BCUT2D eigenvalue weighted by Crippen LogP contribution is 2.18. The topological polar surface area (TPSA) is 26.2 Å². The molecule has 3 nitrogen and oxygen atoms in total. The third kappa shape index (κ3) is 1.52. The highest BCUT2D eigenvalue weighted by Gasteiger charge is 2.03. The van der Waals surface area contributed by atoms with Gasteiger partial charge in [0, 0.05) is 19.8 Å². The van der Waals surface area contributed by atoms with Crippen molar-refractivity contribution in [1.82, 2.24) is 10.0 Å². The molecule has 0 fully saturated rings. The molecule has 0 unspecified atom stereocenters. The molecule has 0 aliphatic carbocycles. The second-order valence-electron chi connectivity index (χ2n) is 3.31. The van der Waals surface area contributed by atoms with Gasteiger partial charge in [-0.2, -0.15) is 5.48 Å². The maximum absolute atomic E-state index is 4.85. The number of hydroxylamine groups is 1. The van der Waals surface area contributed by atoms with Gasteiger partial charge in [-0.05, 0) is 17.0 Å². The van der Waals surface area contributed by atoms with Crippen LogP contribution in [0.2, 0.25) is 0 Å². The summed E-state index contributed by atoms with van der Waals surface area (Å²) in [7, 11) is 3.68. The number of nitrogens with zero attached hydrogens (tertiary/aromatic N) is 1. The average Bonchev–Trinajstić information content (AvgIpc) is 2.58. The lowest BCUT2D eigenvalue weighted by Crippen LogP contribution is -2.11. The molecular weight excluding hydrogens is 176 g/mol. The molecule has 0 saturated heterocycles. The van der Waals surface area contributed by atoms with E-state index >= 15 is 0 Å². The van der Waals surface area contributed by atoms with Gasteiger partial charge in [-0.15, -0.1) is 0 Å². The molecule has 2 rings (SSSR count). The van der Waals surface area contributed by atoms with Crippen LogP contribution in [0.1, 0.15) is 5.56 Å². The Morgan fingerprint density at radius 3 is 3.00 bits per heavy atom.